The molecule has 0 bridgehead atoms. The number of aliphatic carboxylic acids is 1. The first-order valence-electron chi connectivity index (χ1n) is 7.76. The molecule has 0 amide bonds. The van der Waals surface area contributed by atoms with Crippen molar-refractivity contribution in [2.45, 2.75) is 43.8 Å². The molecule has 3 N–H and O–H groups in total. The minimum atomic E-state index is -0.773. The van der Waals surface area contributed by atoms with E-state index in [0.717, 1.165) is 31.2 Å². The van der Waals surface area contributed by atoms with Crippen LogP contribution in [0.4, 0.5) is 0 Å². The molecular formula is C17H25NO3Se. The van der Waals surface area contributed by atoms with E-state index >= 15 is 0 Å². The van der Waals surface area contributed by atoms with Gasteiger partial charge in [-0.3, -0.25) is 0 Å². The second-order valence-electron chi connectivity index (χ2n) is 5.34. The Bertz CT molecular complexity index is 450. The van der Waals surface area contributed by atoms with Crippen molar-refractivity contribution in [3.05, 3.63) is 35.9 Å². The Morgan fingerprint density at radius 3 is 2.50 bits per heavy atom. The molecule has 0 aromatic heterocycles. The number of carbonyl (C=O) groups is 2. The van der Waals surface area contributed by atoms with Gasteiger partial charge in [0.1, 0.15) is 0 Å². The number of carboxylic acids is 1. The van der Waals surface area contributed by atoms with E-state index in [4.69, 9.17) is 5.73 Å². The molecule has 5 heteroatoms. The van der Waals surface area contributed by atoms with Gasteiger partial charge in [0, 0.05) is 0 Å². The average Bonchev–Trinajstić information content (AvgIpc) is 2.52. The van der Waals surface area contributed by atoms with Gasteiger partial charge in [-0.2, -0.15) is 0 Å². The first kappa shape index (κ1) is 18.9. The number of hydrogen-bond donors (Lipinski definition) is 2. The predicted octanol–water partition coefficient (Wildman–Crippen LogP) is 2.49. The maximum absolute atomic E-state index is 11.9. The van der Waals surface area contributed by atoms with Crippen LogP contribution in [0.5, 0.6) is 0 Å². The average molecular weight is 370 g/mol. The second-order valence-corrected chi connectivity index (χ2v) is 7.60. The Morgan fingerprint density at radius 2 is 1.86 bits per heavy atom. The van der Waals surface area contributed by atoms with Gasteiger partial charge in [0.15, 0.2) is 0 Å². The van der Waals surface area contributed by atoms with Gasteiger partial charge in [0.2, 0.25) is 0 Å². The number of carboxylic acid groups (broad SMARTS) is 1. The molecule has 122 valence electrons. The number of nitrogens with two attached hydrogens (primary N) is 1. The van der Waals surface area contributed by atoms with E-state index in [1.807, 2.05) is 30.3 Å². The molecule has 0 aliphatic rings. The molecule has 1 aromatic carbocycles. The van der Waals surface area contributed by atoms with Crippen LogP contribution in [-0.2, 0) is 16.0 Å². The summed E-state index contributed by atoms with van der Waals surface area (Å²) < 4.78 is 0.213. The molecule has 0 fully saturated rings. The van der Waals surface area contributed by atoms with Crippen LogP contribution < -0.4 is 5.73 Å². The molecule has 1 aromatic rings. The Hall–Kier alpha value is -1.16. The number of aryl methyl sites for hydroxylation is 1. The van der Waals surface area contributed by atoms with Crippen molar-refractivity contribution in [2.75, 3.05) is 6.54 Å². The normalized spacial score (nSPS) is 12.0. The van der Waals surface area contributed by atoms with Gasteiger partial charge >= 0.3 is 138 Å². The third-order valence-corrected chi connectivity index (χ3v) is 5.81. The van der Waals surface area contributed by atoms with Crippen LogP contribution >= 0.6 is 0 Å². The molecule has 0 aliphatic heterocycles. The monoisotopic (exact) mass is 371 g/mol. The SMILES string of the molecule is NCCCCCC(C[Se]C(=O)CCc1ccccc1)C(=O)O. The second kappa shape index (κ2) is 11.4. The van der Waals surface area contributed by atoms with Crippen LogP contribution in [0.3, 0.4) is 0 Å². The van der Waals surface area contributed by atoms with Gasteiger partial charge in [-0.25, -0.2) is 0 Å². The first-order chi connectivity index (χ1) is 10.6. The molecule has 0 saturated carbocycles. The molecule has 22 heavy (non-hydrogen) atoms. The molecule has 0 heterocycles. The minimum absolute atomic E-state index is 0.213. The van der Waals surface area contributed by atoms with Crippen LogP contribution in [0.1, 0.15) is 37.7 Å². The summed E-state index contributed by atoms with van der Waals surface area (Å²) in [6.45, 7) is 0.652. The summed E-state index contributed by atoms with van der Waals surface area (Å²) in [6.07, 6.45) is 4.70. The molecule has 4 nitrogen and oxygen atoms in total. The van der Waals surface area contributed by atoms with Crippen LogP contribution in [-0.4, -0.2) is 37.3 Å². The number of unbranched alkanes of at least 4 members (excludes halogenated alkanes) is 2. The zero-order valence-electron chi connectivity index (χ0n) is 12.9. The third-order valence-electron chi connectivity index (χ3n) is 3.51. The Kier molecular flexibility index (Phi) is 9.80. The molecule has 1 rings (SSSR count). The van der Waals surface area contributed by atoms with Crippen molar-refractivity contribution in [3.63, 3.8) is 0 Å². The molecule has 0 aliphatic carbocycles. The summed E-state index contributed by atoms with van der Waals surface area (Å²) in [5.41, 5.74) is 6.58. The summed E-state index contributed by atoms with van der Waals surface area (Å²) in [4.78, 5) is 23.2. The fourth-order valence-corrected chi connectivity index (χ4v) is 4.12. The quantitative estimate of drug-likeness (QED) is 0.438. The van der Waals surface area contributed by atoms with Crippen molar-refractivity contribution in [3.8, 4) is 0 Å². The standard InChI is InChI=1S/C17H25NO3Se/c18-12-6-2-5-9-15(17(20)21)13-22-16(19)11-10-14-7-3-1-4-8-14/h1,3-4,7-8,15H,2,5-6,9-13,18H2,(H,20,21). The van der Waals surface area contributed by atoms with Crippen LogP contribution in [0.25, 0.3) is 0 Å². The van der Waals surface area contributed by atoms with E-state index in [-0.39, 0.29) is 25.6 Å². The van der Waals surface area contributed by atoms with E-state index in [0.29, 0.717) is 24.7 Å². The Labute approximate surface area is 138 Å². The maximum atomic E-state index is 11.9. The summed E-state index contributed by atoms with van der Waals surface area (Å²) in [6, 6.07) is 9.91. The zero-order chi connectivity index (χ0) is 16.2. The van der Waals surface area contributed by atoms with E-state index in [2.05, 4.69) is 0 Å². The number of carbonyl (C=O) groups excluding carboxylic acids is 1. The zero-order valence-corrected chi connectivity index (χ0v) is 14.6. The van der Waals surface area contributed by atoms with Crippen molar-refractivity contribution in [2.24, 2.45) is 11.7 Å². The number of hydrogen-bond acceptors (Lipinski definition) is 3. The van der Waals surface area contributed by atoms with E-state index < -0.39 is 5.97 Å². The summed E-state index contributed by atoms with van der Waals surface area (Å²) >= 11 is -0.230. The van der Waals surface area contributed by atoms with E-state index in [1.165, 1.54) is 0 Å². The Balaban J connectivity index is 2.25. The van der Waals surface area contributed by atoms with E-state index in [1.54, 1.807) is 0 Å². The van der Waals surface area contributed by atoms with Gasteiger partial charge in [0.05, 0.1) is 0 Å². The van der Waals surface area contributed by atoms with E-state index in [9.17, 15) is 14.7 Å². The molecule has 0 saturated heterocycles. The van der Waals surface area contributed by atoms with Crippen molar-refractivity contribution in [1.29, 1.82) is 0 Å². The third kappa shape index (κ3) is 8.32. The van der Waals surface area contributed by atoms with Gasteiger partial charge in [-0.05, 0) is 0 Å². The predicted molar refractivity (Wildman–Crippen MR) is 89.0 cm³/mol. The first-order valence-corrected chi connectivity index (χ1v) is 9.82. The van der Waals surface area contributed by atoms with Crippen molar-refractivity contribution < 1.29 is 14.7 Å². The molecule has 1 atom stereocenters. The van der Waals surface area contributed by atoms with Crippen molar-refractivity contribution >= 4 is 25.6 Å². The van der Waals surface area contributed by atoms with Crippen LogP contribution in [0, 0.1) is 5.92 Å². The summed E-state index contributed by atoms with van der Waals surface area (Å²) in [5.74, 6) is -1.15. The van der Waals surface area contributed by atoms with Crippen LogP contribution in [0.2, 0.25) is 5.32 Å². The number of benzene rings is 1. The molecular weight excluding hydrogens is 345 g/mol. The van der Waals surface area contributed by atoms with Gasteiger partial charge in [-0.1, -0.05) is 0 Å². The van der Waals surface area contributed by atoms with Crippen LogP contribution in [0.15, 0.2) is 30.3 Å². The fraction of sp³-hybridized carbons (Fsp3) is 0.529. The molecule has 1 unspecified atom stereocenters. The Morgan fingerprint density at radius 1 is 1.14 bits per heavy atom. The topological polar surface area (TPSA) is 80.4 Å². The van der Waals surface area contributed by atoms with Crippen molar-refractivity contribution in [1.82, 2.24) is 0 Å². The van der Waals surface area contributed by atoms with Gasteiger partial charge in [-0.15, -0.1) is 0 Å². The van der Waals surface area contributed by atoms with Gasteiger partial charge < -0.3 is 0 Å². The summed E-state index contributed by atoms with van der Waals surface area (Å²) in [5, 5.41) is 9.74. The fourth-order valence-electron chi connectivity index (χ4n) is 2.15. The number of rotatable bonds is 12. The van der Waals surface area contributed by atoms with Gasteiger partial charge in [0.25, 0.3) is 0 Å². The summed E-state index contributed by atoms with van der Waals surface area (Å²) in [7, 11) is 0. The molecule has 0 radical (unpaired) electrons. The molecule has 0 spiro atoms.